The molecule has 1 aliphatic heterocycles. The van der Waals surface area contributed by atoms with E-state index in [4.69, 9.17) is 5.73 Å². The summed E-state index contributed by atoms with van der Waals surface area (Å²) in [6.07, 6.45) is 5.39. The number of nitrogens with zero attached hydrogens (tertiary/aromatic N) is 3. The molecule has 0 atom stereocenters. The maximum absolute atomic E-state index is 6.07. The molecular formula is C14H30N4. The summed E-state index contributed by atoms with van der Waals surface area (Å²) in [5.74, 6) is 0. The predicted octanol–water partition coefficient (Wildman–Crippen LogP) is 0.437. The molecule has 0 aromatic rings. The van der Waals surface area contributed by atoms with Crippen molar-refractivity contribution >= 4 is 0 Å². The first kappa shape index (κ1) is 14.3. The fraction of sp³-hybridized carbons (Fsp3) is 1.00. The zero-order valence-electron chi connectivity index (χ0n) is 12.2. The molecule has 0 radical (unpaired) electrons. The molecule has 0 unspecified atom stereocenters. The van der Waals surface area contributed by atoms with Gasteiger partial charge in [-0.2, -0.15) is 0 Å². The lowest BCUT2D eigenvalue weighted by atomic mass is 9.94. The minimum absolute atomic E-state index is 0.355. The highest BCUT2D eigenvalue weighted by Gasteiger charge is 2.39. The van der Waals surface area contributed by atoms with Gasteiger partial charge < -0.3 is 10.6 Å². The van der Waals surface area contributed by atoms with Crippen LogP contribution in [0.1, 0.15) is 25.7 Å². The summed E-state index contributed by atoms with van der Waals surface area (Å²) in [4.78, 5) is 7.55. The largest absolute Gasteiger partial charge is 0.329 e. The number of hydrogen-bond donors (Lipinski definition) is 1. The van der Waals surface area contributed by atoms with Crippen LogP contribution in [0.3, 0.4) is 0 Å². The molecule has 2 rings (SSSR count). The smallest absolute Gasteiger partial charge is 0.0332 e. The molecule has 0 aromatic carbocycles. The summed E-state index contributed by atoms with van der Waals surface area (Å²) in [5.41, 5.74) is 6.43. The van der Waals surface area contributed by atoms with Crippen molar-refractivity contribution in [1.82, 2.24) is 14.7 Å². The van der Waals surface area contributed by atoms with E-state index in [1.54, 1.807) is 0 Å². The first-order valence-corrected chi connectivity index (χ1v) is 7.48. The van der Waals surface area contributed by atoms with Crippen molar-refractivity contribution in [2.75, 3.05) is 59.9 Å². The zero-order chi connectivity index (χ0) is 13.0. The maximum atomic E-state index is 6.07. The Bertz CT molecular complexity index is 240. The quantitative estimate of drug-likeness (QED) is 0.772. The normalized spacial score (nSPS) is 26.0. The molecule has 1 aliphatic carbocycles. The molecule has 0 spiro atoms. The first-order chi connectivity index (χ1) is 8.66. The lowest BCUT2D eigenvalue weighted by Crippen LogP contribution is -2.59. The van der Waals surface area contributed by atoms with Crippen molar-refractivity contribution < 1.29 is 0 Å². The van der Waals surface area contributed by atoms with E-state index < -0.39 is 0 Å². The van der Waals surface area contributed by atoms with Crippen molar-refractivity contribution in [3.05, 3.63) is 0 Å². The van der Waals surface area contributed by atoms with Crippen molar-refractivity contribution in [3.63, 3.8) is 0 Å². The molecule has 0 bridgehead atoms. The van der Waals surface area contributed by atoms with Crippen LogP contribution in [-0.2, 0) is 0 Å². The lowest BCUT2D eigenvalue weighted by molar-refractivity contribution is 0.0378. The molecule has 1 saturated carbocycles. The first-order valence-electron chi connectivity index (χ1n) is 7.48. The van der Waals surface area contributed by atoms with Gasteiger partial charge in [0.25, 0.3) is 0 Å². The van der Waals surface area contributed by atoms with Crippen LogP contribution >= 0.6 is 0 Å². The third kappa shape index (κ3) is 3.23. The van der Waals surface area contributed by atoms with Crippen LogP contribution in [0.15, 0.2) is 0 Å². The second-order valence-corrected chi connectivity index (χ2v) is 6.27. The van der Waals surface area contributed by atoms with Crippen molar-refractivity contribution in [1.29, 1.82) is 0 Å². The Balaban J connectivity index is 1.79. The van der Waals surface area contributed by atoms with Crippen molar-refractivity contribution in [2.45, 2.75) is 31.2 Å². The van der Waals surface area contributed by atoms with Crippen LogP contribution in [0.5, 0.6) is 0 Å². The standard InChI is InChI=1S/C14H30N4/c1-16(2)7-8-17-9-11-18(12-10-17)14(13-15)5-3-4-6-14/h3-13,15H2,1-2H3. The Kier molecular flexibility index (Phi) is 5.01. The second kappa shape index (κ2) is 6.33. The zero-order valence-corrected chi connectivity index (χ0v) is 12.2. The van der Waals surface area contributed by atoms with Gasteiger partial charge in [0, 0.05) is 51.4 Å². The SMILES string of the molecule is CN(C)CCN1CCN(C2(CN)CCCC2)CC1. The van der Waals surface area contributed by atoms with E-state index >= 15 is 0 Å². The highest BCUT2D eigenvalue weighted by atomic mass is 15.3. The third-order valence-corrected chi connectivity index (χ3v) is 4.82. The van der Waals surface area contributed by atoms with Gasteiger partial charge in [0.05, 0.1) is 0 Å². The van der Waals surface area contributed by atoms with Gasteiger partial charge in [-0.15, -0.1) is 0 Å². The summed E-state index contributed by atoms with van der Waals surface area (Å²) in [6.45, 7) is 8.09. The van der Waals surface area contributed by atoms with Gasteiger partial charge in [0.15, 0.2) is 0 Å². The van der Waals surface area contributed by atoms with E-state index in [2.05, 4.69) is 28.8 Å². The van der Waals surface area contributed by atoms with Gasteiger partial charge in [-0.25, -0.2) is 0 Å². The summed E-state index contributed by atoms with van der Waals surface area (Å²) < 4.78 is 0. The van der Waals surface area contributed by atoms with E-state index in [0.717, 1.165) is 6.54 Å². The highest BCUT2D eigenvalue weighted by Crippen LogP contribution is 2.34. The van der Waals surface area contributed by atoms with Gasteiger partial charge in [-0.05, 0) is 26.9 Å². The molecule has 4 heteroatoms. The molecule has 0 amide bonds. The minimum atomic E-state index is 0.355. The summed E-state index contributed by atoms with van der Waals surface area (Å²) in [6, 6.07) is 0. The Labute approximate surface area is 112 Å². The highest BCUT2D eigenvalue weighted by molar-refractivity contribution is 4.97. The van der Waals surface area contributed by atoms with E-state index in [-0.39, 0.29) is 0 Å². The molecule has 2 N–H and O–H groups in total. The van der Waals surface area contributed by atoms with Crippen LogP contribution in [0.25, 0.3) is 0 Å². The Morgan fingerprint density at radius 2 is 1.67 bits per heavy atom. The fourth-order valence-corrected chi connectivity index (χ4v) is 3.47. The molecule has 0 aromatic heterocycles. The monoisotopic (exact) mass is 254 g/mol. The molecule has 2 fully saturated rings. The Morgan fingerprint density at radius 1 is 1.06 bits per heavy atom. The predicted molar refractivity (Wildman–Crippen MR) is 76.8 cm³/mol. The topological polar surface area (TPSA) is 35.7 Å². The number of piperazine rings is 1. The van der Waals surface area contributed by atoms with Gasteiger partial charge in [0.1, 0.15) is 0 Å². The van der Waals surface area contributed by atoms with Crippen LogP contribution in [0.2, 0.25) is 0 Å². The molecule has 106 valence electrons. The molecule has 1 saturated heterocycles. The number of nitrogens with two attached hydrogens (primary N) is 1. The molecule has 2 aliphatic rings. The van der Waals surface area contributed by atoms with Crippen LogP contribution in [0, 0.1) is 0 Å². The van der Waals surface area contributed by atoms with Gasteiger partial charge in [-0.1, -0.05) is 12.8 Å². The van der Waals surface area contributed by atoms with Crippen LogP contribution in [0.4, 0.5) is 0 Å². The molecule has 4 nitrogen and oxygen atoms in total. The van der Waals surface area contributed by atoms with E-state index in [0.29, 0.717) is 5.54 Å². The maximum Gasteiger partial charge on any atom is 0.0332 e. The summed E-state index contributed by atoms with van der Waals surface area (Å²) in [7, 11) is 4.30. The number of rotatable bonds is 5. The third-order valence-electron chi connectivity index (χ3n) is 4.82. The average Bonchev–Trinajstić information content (AvgIpc) is 2.87. The van der Waals surface area contributed by atoms with Gasteiger partial charge in [-0.3, -0.25) is 9.80 Å². The van der Waals surface area contributed by atoms with E-state index in [1.807, 2.05) is 0 Å². The van der Waals surface area contributed by atoms with Crippen molar-refractivity contribution in [2.24, 2.45) is 5.73 Å². The Morgan fingerprint density at radius 3 is 2.17 bits per heavy atom. The number of hydrogen-bond acceptors (Lipinski definition) is 4. The molecular weight excluding hydrogens is 224 g/mol. The molecule has 1 heterocycles. The van der Waals surface area contributed by atoms with Crippen LogP contribution < -0.4 is 5.73 Å². The minimum Gasteiger partial charge on any atom is -0.329 e. The average molecular weight is 254 g/mol. The van der Waals surface area contributed by atoms with Crippen molar-refractivity contribution in [3.8, 4) is 0 Å². The molecule has 18 heavy (non-hydrogen) atoms. The summed E-state index contributed by atoms with van der Waals surface area (Å²) >= 11 is 0. The Hall–Kier alpha value is -0.160. The fourth-order valence-electron chi connectivity index (χ4n) is 3.47. The lowest BCUT2D eigenvalue weighted by Gasteiger charge is -2.45. The van der Waals surface area contributed by atoms with E-state index in [9.17, 15) is 0 Å². The van der Waals surface area contributed by atoms with E-state index in [1.165, 1.54) is 65.0 Å². The summed E-state index contributed by atoms with van der Waals surface area (Å²) in [5, 5.41) is 0. The van der Waals surface area contributed by atoms with Gasteiger partial charge in [0.2, 0.25) is 0 Å². The second-order valence-electron chi connectivity index (χ2n) is 6.27. The number of likely N-dealkylation sites (N-methyl/N-ethyl adjacent to an activating group) is 1. The van der Waals surface area contributed by atoms with Gasteiger partial charge >= 0.3 is 0 Å². The van der Waals surface area contributed by atoms with Crippen LogP contribution in [-0.4, -0.2) is 80.1 Å².